The summed E-state index contributed by atoms with van der Waals surface area (Å²) in [7, 11) is 1.64. The number of ether oxygens (including phenoxy) is 1. The van der Waals surface area contributed by atoms with Gasteiger partial charge in [-0.05, 0) is 43.2 Å². The third-order valence-electron chi connectivity index (χ3n) is 4.66. The second-order valence-corrected chi connectivity index (χ2v) is 7.72. The Morgan fingerprint density at radius 3 is 2.23 bits per heavy atom. The number of hydrogen-bond donors (Lipinski definition) is 0. The van der Waals surface area contributed by atoms with E-state index in [1.54, 1.807) is 7.11 Å². The van der Waals surface area contributed by atoms with Crippen molar-refractivity contribution in [2.24, 2.45) is 0 Å². The van der Waals surface area contributed by atoms with Gasteiger partial charge < -0.3 is 14.5 Å². The summed E-state index contributed by atoms with van der Waals surface area (Å²) in [5, 5.41) is 0. The first-order chi connectivity index (χ1) is 12.6. The fourth-order valence-electron chi connectivity index (χ4n) is 3.07. The van der Waals surface area contributed by atoms with Crippen LogP contribution in [0.5, 0.6) is 5.75 Å². The molecule has 6 heteroatoms. The number of hydrogen-bond acceptors (Lipinski definition) is 4. The third-order valence-corrected chi connectivity index (χ3v) is 5.65. The van der Waals surface area contributed by atoms with Crippen LogP contribution in [0.2, 0.25) is 0 Å². The van der Waals surface area contributed by atoms with Crippen molar-refractivity contribution in [1.29, 1.82) is 0 Å². The van der Waals surface area contributed by atoms with Gasteiger partial charge in [0, 0.05) is 37.5 Å². The fourth-order valence-corrected chi connectivity index (χ4v) is 3.90. The van der Waals surface area contributed by atoms with Crippen molar-refractivity contribution in [3.8, 4) is 5.75 Å². The number of amides is 2. The predicted molar refractivity (Wildman–Crippen MR) is 103 cm³/mol. The molecule has 1 aromatic carbocycles. The fraction of sp³-hybridized carbons (Fsp3) is 0.400. The molecule has 0 saturated carbocycles. The molecule has 0 radical (unpaired) electrons. The van der Waals surface area contributed by atoms with E-state index >= 15 is 0 Å². The number of piperazine rings is 1. The normalized spacial score (nSPS) is 14.4. The Morgan fingerprint density at radius 2 is 1.65 bits per heavy atom. The van der Waals surface area contributed by atoms with Gasteiger partial charge in [-0.3, -0.25) is 9.59 Å². The first kappa shape index (κ1) is 18.5. The minimum atomic E-state index is 0.0773. The Hall–Kier alpha value is -2.34. The summed E-state index contributed by atoms with van der Waals surface area (Å²) in [5.74, 6) is 1.05. The van der Waals surface area contributed by atoms with Crippen LogP contribution in [0.4, 0.5) is 0 Å². The van der Waals surface area contributed by atoms with Crippen LogP contribution in [0, 0.1) is 6.92 Å². The smallest absolute Gasteiger partial charge is 0.264 e. The highest BCUT2D eigenvalue weighted by Crippen LogP contribution is 2.18. The summed E-state index contributed by atoms with van der Waals surface area (Å²) in [6, 6.07) is 11.7. The lowest BCUT2D eigenvalue weighted by molar-refractivity contribution is -0.132. The van der Waals surface area contributed by atoms with Gasteiger partial charge in [0.2, 0.25) is 5.91 Å². The molecule has 0 spiro atoms. The topological polar surface area (TPSA) is 49.9 Å². The van der Waals surface area contributed by atoms with Crippen molar-refractivity contribution >= 4 is 23.2 Å². The van der Waals surface area contributed by atoms with E-state index in [-0.39, 0.29) is 11.8 Å². The van der Waals surface area contributed by atoms with E-state index in [4.69, 9.17) is 4.74 Å². The maximum Gasteiger partial charge on any atom is 0.264 e. The molecule has 138 valence electrons. The van der Waals surface area contributed by atoms with Crippen molar-refractivity contribution in [2.75, 3.05) is 33.3 Å². The zero-order valence-corrected chi connectivity index (χ0v) is 16.1. The number of rotatable bonds is 5. The van der Waals surface area contributed by atoms with E-state index in [0.29, 0.717) is 32.6 Å². The van der Waals surface area contributed by atoms with Gasteiger partial charge >= 0.3 is 0 Å². The van der Waals surface area contributed by atoms with E-state index in [1.807, 2.05) is 53.1 Å². The predicted octanol–water partition coefficient (Wildman–Crippen LogP) is 2.98. The number of benzene rings is 1. The van der Waals surface area contributed by atoms with Crippen LogP contribution < -0.4 is 4.74 Å². The van der Waals surface area contributed by atoms with Gasteiger partial charge in [-0.2, -0.15) is 0 Å². The molecule has 0 aliphatic carbocycles. The average Bonchev–Trinajstić information content (AvgIpc) is 3.12. The number of aryl methyl sites for hydroxylation is 2. The maximum atomic E-state index is 12.5. The third kappa shape index (κ3) is 4.43. The van der Waals surface area contributed by atoms with Gasteiger partial charge in [0.1, 0.15) is 5.75 Å². The highest BCUT2D eigenvalue weighted by atomic mass is 32.1. The summed E-state index contributed by atoms with van der Waals surface area (Å²) in [5.41, 5.74) is 1.13. The minimum Gasteiger partial charge on any atom is -0.497 e. The van der Waals surface area contributed by atoms with Crippen LogP contribution in [0.25, 0.3) is 0 Å². The van der Waals surface area contributed by atoms with Gasteiger partial charge in [-0.25, -0.2) is 0 Å². The van der Waals surface area contributed by atoms with Gasteiger partial charge in [0.05, 0.1) is 12.0 Å². The second kappa shape index (κ2) is 8.36. The van der Waals surface area contributed by atoms with Crippen molar-refractivity contribution < 1.29 is 14.3 Å². The molecule has 1 aliphatic rings. The number of nitrogens with zero attached hydrogens (tertiary/aromatic N) is 2. The highest BCUT2D eigenvalue weighted by Gasteiger charge is 2.25. The van der Waals surface area contributed by atoms with Crippen LogP contribution in [-0.2, 0) is 11.2 Å². The van der Waals surface area contributed by atoms with E-state index in [9.17, 15) is 9.59 Å². The number of carbonyl (C=O) groups excluding carboxylic acids is 2. The molecule has 1 aromatic heterocycles. The van der Waals surface area contributed by atoms with E-state index < -0.39 is 0 Å². The Morgan fingerprint density at radius 1 is 1.00 bits per heavy atom. The molecule has 1 fully saturated rings. The molecule has 0 bridgehead atoms. The Labute approximate surface area is 158 Å². The quantitative estimate of drug-likeness (QED) is 0.811. The first-order valence-corrected chi connectivity index (χ1v) is 9.65. The molecule has 1 saturated heterocycles. The molecule has 1 aliphatic heterocycles. The Kier molecular flexibility index (Phi) is 5.93. The molecule has 0 unspecified atom stereocenters. The monoisotopic (exact) mass is 372 g/mol. The summed E-state index contributed by atoms with van der Waals surface area (Å²) in [4.78, 5) is 30.6. The maximum absolute atomic E-state index is 12.5. The van der Waals surface area contributed by atoms with Crippen LogP contribution >= 0.6 is 11.3 Å². The second-order valence-electron chi connectivity index (χ2n) is 6.43. The lowest BCUT2D eigenvalue weighted by Gasteiger charge is -2.34. The van der Waals surface area contributed by atoms with Crippen LogP contribution in [-0.4, -0.2) is 54.9 Å². The van der Waals surface area contributed by atoms with Gasteiger partial charge in [-0.1, -0.05) is 12.1 Å². The molecule has 5 nitrogen and oxygen atoms in total. The van der Waals surface area contributed by atoms with Crippen molar-refractivity contribution in [3.05, 3.63) is 51.7 Å². The number of thiophene rings is 1. The van der Waals surface area contributed by atoms with Crippen molar-refractivity contribution in [3.63, 3.8) is 0 Å². The Balaban J connectivity index is 1.46. The zero-order valence-electron chi connectivity index (χ0n) is 15.2. The van der Waals surface area contributed by atoms with Crippen molar-refractivity contribution in [1.82, 2.24) is 9.80 Å². The molecule has 0 atom stereocenters. The largest absolute Gasteiger partial charge is 0.497 e. The van der Waals surface area contributed by atoms with E-state index in [0.717, 1.165) is 27.5 Å². The molecule has 2 heterocycles. The summed E-state index contributed by atoms with van der Waals surface area (Å²) >= 11 is 1.52. The average molecular weight is 372 g/mol. The van der Waals surface area contributed by atoms with E-state index in [2.05, 4.69) is 0 Å². The highest BCUT2D eigenvalue weighted by molar-refractivity contribution is 7.13. The molecule has 2 aromatic rings. The molecular formula is C20H24N2O3S. The summed E-state index contributed by atoms with van der Waals surface area (Å²) in [6.07, 6.45) is 1.21. The van der Waals surface area contributed by atoms with Gasteiger partial charge in [-0.15, -0.1) is 11.3 Å². The standard InChI is InChI=1S/C20H24N2O3S/c1-15-3-9-18(26-15)20(24)22-13-11-21(12-14-22)19(23)10-6-16-4-7-17(25-2)8-5-16/h3-5,7-9H,6,10-14H2,1-2H3. The van der Waals surface area contributed by atoms with Crippen LogP contribution in [0.1, 0.15) is 26.5 Å². The Bertz CT molecular complexity index is 762. The summed E-state index contributed by atoms with van der Waals surface area (Å²) in [6.45, 7) is 4.42. The first-order valence-electron chi connectivity index (χ1n) is 8.83. The SMILES string of the molecule is COc1ccc(CCC(=O)N2CCN(C(=O)c3ccc(C)s3)CC2)cc1. The number of carbonyl (C=O) groups is 2. The van der Waals surface area contributed by atoms with Crippen molar-refractivity contribution in [2.45, 2.75) is 19.8 Å². The molecule has 26 heavy (non-hydrogen) atoms. The minimum absolute atomic E-state index is 0.0773. The molecule has 3 rings (SSSR count). The van der Waals surface area contributed by atoms with Gasteiger partial charge in [0.15, 0.2) is 0 Å². The summed E-state index contributed by atoms with van der Waals surface area (Å²) < 4.78 is 5.15. The molecule has 2 amide bonds. The van der Waals surface area contributed by atoms with Gasteiger partial charge in [0.25, 0.3) is 5.91 Å². The van der Waals surface area contributed by atoms with Crippen LogP contribution in [0.15, 0.2) is 36.4 Å². The van der Waals surface area contributed by atoms with Crippen LogP contribution in [0.3, 0.4) is 0 Å². The lowest BCUT2D eigenvalue weighted by Crippen LogP contribution is -2.50. The molecular weight excluding hydrogens is 348 g/mol. The molecule has 0 N–H and O–H groups in total. The lowest BCUT2D eigenvalue weighted by atomic mass is 10.1. The van der Waals surface area contributed by atoms with E-state index in [1.165, 1.54) is 11.3 Å². The zero-order chi connectivity index (χ0) is 18.5. The number of methoxy groups -OCH3 is 1.